The van der Waals surface area contributed by atoms with Crippen LogP contribution in [0.2, 0.25) is 0 Å². The Kier molecular flexibility index (Phi) is 6.30. The van der Waals surface area contributed by atoms with Crippen molar-refractivity contribution in [2.24, 2.45) is 16.5 Å². The van der Waals surface area contributed by atoms with E-state index >= 15 is 0 Å². The molecule has 6 nitrogen and oxygen atoms in total. The standard InChI is InChI=1S/C20H23FN6S/c1-13(2)18-19(28-16-5-3-4-15(21)10-16)27(12-14-6-8-24-9-7-14)17(26-18)11-25-20(22)23/h3-10,13H,11-12H2,1-2H3,(H4,22,23,25). The number of pyridine rings is 1. The van der Waals surface area contributed by atoms with Crippen molar-refractivity contribution in [3.05, 3.63) is 71.7 Å². The number of benzene rings is 1. The minimum atomic E-state index is -0.267. The Morgan fingerprint density at radius 1 is 1.21 bits per heavy atom. The van der Waals surface area contributed by atoms with Crippen molar-refractivity contribution in [2.75, 3.05) is 0 Å². The molecule has 0 spiro atoms. The van der Waals surface area contributed by atoms with E-state index in [4.69, 9.17) is 16.5 Å². The molecular formula is C20H23FN6S. The molecule has 28 heavy (non-hydrogen) atoms. The molecule has 0 amide bonds. The lowest BCUT2D eigenvalue weighted by Gasteiger charge is -2.13. The van der Waals surface area contributed by atoms with Crippen molar-refractivity contribution < 1.29 is 4.39 Å². The van der Waals surface area contributed by atoms with E-state index in [0.717, 1.165) is 27.0 Å². The summed E-state index contributed by atoms with van der Waals surface area (Å²) in [5.74, 6) is 0.696. The summed E-state index contributed by atoms with van der Waals surface area (Å²) in [5, 5.41) is 0.957. The predicted molar refractivity (Wildman–Crippen MR) is 110 cm³/mol. The first-order valence-electron chi connectivity index (χ1n) is 8.91. The molecule has 0 aliphatic carbocycles. The maximum absolute atomic E-state index is 13.7. The van der Waals surface area contributed by atoms with Gasteiger partial charge in [-0.25, -0.2) is 14.4 Å². The van der Waals surface area contributed by atoms with Gasteiger partial charge < -0.3 is 16.0 Å². The van der Waals surface area contributed by atoms with Gasteiger partial charge in [-0.2, -0.15) is 0 Å². The van der Waals surface area contributed by atoms with Crippen LogP contribution in [0, 0.1) is 5.82 Å². The van der Waals surface area contributed by atoms with Gasteiger partial charge in [0.15, 0.2) is 5.96 Å². The van der Waals surface area contributed by atoms with Crippen LogP contribution in [-0.4, -0.2) is 20.5 Å². The van der Waals surface area contributed by atoms with Crippen LogP contribution in [0.5, 0.6) is 0 Å². The molecule has 2 aromatic heterocycles. The number of aromatic nitrogens is 3. The fourth-order valence-electron chi connectivity index (χ4n) is 2.74. The zero-order valence-corrected chi connectivity index (χ0v) is 16.7. The maximum atomic E-state index is 13.7. The fourth-order valence-corrected chi connectivity index (χ4v) is 3.95. The molecule has 0 radical (unpaired) electrons. The SMILES string of the molecule is CC(C)c1nc(CN=C(N)N)n(Cc2ccncc2)c1Sc1cccc(F)c1. The van der Waals surface area contributed by atoms with Crippen molar-refractivity contribution in [1.82, 2.24) is 14.5 Å². The second-order valence-electron chi connectivity index (χ2n) is 6.62. The molecule has 0 fully saturated rings. The summed E-state index contributed by atoms with van der Waals surface area (Å²) in [4.78, 5) is 13.8. The van der Waals surface area contributed by atoms with E-state index in [0.29, 0.717) is 6.54 Å². The molecule has 2 heterocycles. The number of hydrogen-bond acceptors (Lipinski definition) is 4. The first kappa shape index (κ1) is 19.9. The number of halogens is 1. The second kappa shape index (κ2) is 8.88. The summed E-state index contributed by atoms with van der Waals surface area (Å²) in [6, 6.07) is 10.5. The molecular weight excluding hydrogens is 375 g/mol. The Morgan fingerprint density at radius 2 is 1.96 bits per heavy atom. The number of hydrogen-bond donors (Lipinski definition) is 2. The molecule has 146 valence electrons. The van der Waals surface area contributed by atoms with Crippen molar-refractivity contribution in [3.8, 4) is 0 Å². The summed E-state index contributed by atoms with van der Waals surface area (Å²) < 4.78 is 15.8. The van der Waals surface area contributed by atoms with Gasteiger partial charge in [-0.3, -0.25) is 4.98 Å². The quantitative estimate of drug-likeness (QED) is 0.469. The smallest absolute Gasteiger partial charge is 0.186 e. The van der Waals surface area contributed by atoms with Gasteiger partial charge in [-0.05, 0) is 41.8 Å². The summed E-state index contributed by atoms with van der Waals surface area (Å²) in [7, 11) is 0. The Bertz CT molecular complexity index is 964. The van der Waals surface area contributed by atoms with Crippen LogP contribution in [0.25, 0.3) is 0 Å². The van der Waals surface area contributed by atoms with Gasteiger partial charge in [-0.15, -0.1) is 0 Å². The van der Waals surface area contributed by atoms with E-state index in [1.807, 2.05) is 18.2 Å². The number of imidazole rings is 1. The van der Waals surface area contributed by atoms with Crippen LogP contribution in [0.3, 0.4) is 0 Å². The lowest BCUT2D eigenvalue weighted by molar-refractivity contribution is 0.624. The highest BCUT2D eigenvalue weighted by atomic mass is 32.2. The zero-order valence-electron chi connectivity index (χ0n) is 15.8. The summed E-state index contributed by atoms with van der Waals surface area (Å²) >= 11 is 1.49. The molecule has 0 aliphatic rings. The zero-order chi connectivity index (χ0) is 20.1. The van der Waals surface area contributed by atoms with E-state index in [9.17, 15) is 4.39 Å². The Balaban J connectivity index is 2.08. The fraction of sp³-hybridized carbons (Fsp3) is 0.250. The molecule has 3 aromatic rings. The Hall–Kier alpha value is -2.87. The highest BCUT2D eigenvalue weighted by Gasteiger charge is 2.21. The summed E-state index contributed by atoms with van der Waals surface area (Å²) in [6.45, 7) is 5.03. The van der Waals surface area contributed by atoms with Gasteiger partial charge in [0, 0.05) is 23.8 Å². The van der Waals surface area contributed by atoms with Gasteiger partial charge in [-0.1, -0.05) is 31.7 Å². The van der Waals surface area contributed by atoms with E-state index in [2.05, 4.69) is 28.4 Å². The molecule has 0 aliphatic heterocycles. The first-order valence-corrected chi connectivity index (χ1v) is 9.72. The Labute approximate surface area is 167 Å². The first-order chi connectivity index (χ1) is 13.4. The average molecular weight is 399 g/mol. The molecule has 3 rings (SSSR count). The monoisotopic (exact) mass is 398 g/mol. The van der Waals surface area contributed by atoms with Crippen molar-refractivity contribution in [1.29, 1.82) is 0 Å². The van der Waals surface area contributed by atoms with Crippen LogP contribution < -0.4 is 11.5 Å². The van der Waals surface area contributed by atoms with Crippen molar-refractivity contribution >= 4 is 17.7 Å². The van der Waals surface area contributed by atoms with Crippen LogP contribution in [0.1, 0.15) is 36.8 Å². The number of rotatable bonds is 7. The topological polar surface area (TPSA) is 95.1 Å². The molecule has 4 N–H and O–H groups in total. The maximum Gasteiger partial charge on any atom is 0.186 e. The van der Waals surface area contributed by atoms with E-state index < -0.39 is 0 Å². The third kappa shape index (κ3) is 4.89. The highest BCUT2D eigenvalue weighted by Crippen LogP contribution is 2.35. The molecule has 1 aromatic carbocycles. The van der Waals surface area contributed by atoms with Crippen LogP contribution in [0.15, 0.2) is 63.7 Å². The molecule has 0 unspecified atom stereocenters. The molecule has 0 atom stereocenters. The molecule has 8 heteroatoms. The van der Waals surface area contributed by atoms with Gasteiger partial charge >= 0.3 is 0 Å². The van der Waals surface area contributed by atoms with Gasteiger partial charge in [0.1, 0.15) is 23.2 Å². The number of nitrogens with two attached hydrogens (primary N) is 2. The van der Waals surface area contributed by atoms with Crippen LogP contribution in [0.4, 0.5) is 4.39 Å². The van der Waals surface area contributed by atoms with E-state index in [1.165, 1.54) is 23.9 Å². The van der Waals surface area contributed by atoms with Crippen molar-refractivity contribution in [2.45, 2.75) is 42.8 Å². The lowest BCUT2D eigenvalue weighted by atomic mass is 10.1. The predicted octanol–water partition coefficient (Wildman–Crippen LogP) is 3.51. The van der Waals surface area contributed by atoms with E-state index in [-0.39, 0.29) is 24.2 Å². The normalized spacial score (nSPS) is 11.0. The van der Waals surface area contributed by atoms with Gasteiger partial charge in [0.2, 0.25) is 0 Å². The van der Waals surface area contributed by atoms with Gasteiger partial charge in [0.05, 0.1) is 5.69 Å². The second-order valence-corrected chi connectivity index (χ2v) is 7.68. The van der Waals surface area contributed by atoms with Crippen molar-refractivity contribution in [3.63, 3.8) is 0 Å². The lowest BCUT2D eigenvalue weighted by Crippen LogP contribution is -2.23. The summed E-state index contributed by atoms with van der Waals surface area (Å²) in [6.07, 6.45) is 3.51. The highest BCUT2D eigenvalue weighted by molar-refractivity contribution is 7.99. The Morgan fingerprint density at radius 3 is 2.61 bits per heavy atom. The number of nitrogens with zero attached hydrogens (tertiary/aromatic N) is 4. The van der Waals surface area contributed by atoms with Gasteiger partial charge in [0.25, 0.3) is 0 Å². The molecule has 0 saturated heterocycles. The third-order valence-electron chi connectivity index (χ3n) is 4.08. The number of aliphatic imine (C=N–C) groups is 1. The summed E-state index contributed by atoms with van der Waals surface area (Å²) in [5.41, 5.74) is 13.1. The minimum Gasteiger partial charge on any atom is -0.370 e. The molecule has 0 saturated carbocycles. The number of guanidine groups is 1. The average Bonchev–Trinajstić information content (AvgIpc) is 2.98. The largest absolute Gasteiger partial charge is 0.370 e. The van der Waals surface area contributed by atoms with Crippen LogP contribution in [-0.2, 0) is 13.1 Å². The molecule has 0 bridgehead atoms. The minimum absolute atomic E-state index is 0.0175. The van der Waals surface area contributed by atoms with E-state index in [1.54, 1.807) is 18.5 Å². The van der Waals surface area contributed by atoms with Crippen LogP contribution >= 0.6 is 11.8 Å². The third-order valence-corrected chi connectivity index (χ3v) is 5.19.